The van der Waals surface area contributed by atoms with Crippen LogP contribution >= 0.6 is 11.3 Å². The summed E-state index contributed by atoms with van der Waals surface area (Å²) in [5, 5.41) is 3.01. The third kappa shape index (κ3) is 2.59. The average molecular weight is 234 g/mol. The van der Waals surface area contributed by atoms with Gasteiger partial charge in [-0.3, -0.25) is 0 Å². The van der Waals surface area contributed by atoms with E-state index in [-0.39, 0.29) is 0 Å². The molecule has 0 spiro atoms. The number of aromatic nitrogens is 1. The fourth-order valence-corrected chi connectivity index (χ4v) is 2.10. The summed E-state index contributed by atoms with van der Waals surface area (Å²) in [4.78, 5) is 4.34. The molecule has 2 aromatic rings. The van der Waals surface area contributed by atoms with Crippen molar-refractivity contribution >= 4 is 11.3 Å². The van der Waals surface area contributed by atoms with Crippen LogP contribution in [0.3, 0.4) is 0 Å². The van der Waals surface area contributed by atoms with E-state index in [1.807, 2.05) is 36.6 Å². The highest BCUT2D eigenvalue weighted by Crippen LogP contribution is 2.19. The highest BCUT2D eigenvalue weighted by molar-refractivity contribution is 7.09. The topological polar surface area (TPSA) is 48.1 Å². The van der Waals surface area contributed by atoms with E-state index < -0.39 is 0 Å². The van der Waals surface area contributed by atoms with Gasteiger partial charge in [-0.15, -0.1) is 11.3 Å². The van der Waals surface area contributed by atoms with Gasteiger partial charge >= 0.3 is 0 Å². The second-order valence-corrected chi connectivity index (χ2v) is 4.43. The molecule has 1 heterocycles. The van der Waals surface area contributed by atoms with Gasteiger partial charge in [-0.25, -0.2) is 4.98 Å². The first-order chi connectivity index (χ1) is 7.79. The van der Waals surface area contributed by atoms with E-state index in [1.165, 1.54) is 0 Å². The molecule has 0 fully saturated rings. The number of rotatable bonds is 4. The molecule has 0 atom stereocenters. The summed E-state index contributed by atoms with van der Waals surface area (Å²) < 4.78 is 5.70. The molecular weight excluding hydrogens is 220 g/mol. The number of nitrogens with two attached hydrogens (primary N) is 1. The Morgan fingerprint density at radius 2 is 2.19 bits per heavy atom. The van der Waals surface area contributed by atoms with Crippen molar-refractivity contribution in [3.63, 3.8) is 0 Å². The summed E-state index contributed by atoms with van der Waals surface area (Å²) in [5.74, 6) is 0.845. The number of ether oxygens (including phenoxy) is 1. The summed E-state index contributed by atoms with van der Waals surface area (Å²) in [6.07, 6.45) is 0. The zero-order valence-corrected chi connectivity index (χ0v) is 9.96. The van der Waals surface area contributed by atoms with Crippen LogP contribution in [0.4, 0.5) is 0 Å². The molecule has 0 saturated heterocycles. The van der Waals surface area contributed by atoms with E-state index in [2.05, 4.69) is 4.98 Å². The lowest BCUT2D eigenvalue weighted by atomic mass is 10.2. The molecule has 1 aromatic carbocycles. The number of nitrogens with zero attached hydrogens (tertiary/aromatic N) is 1. The molecule has 16 heavy (non-hydrogen) atoms. The van der Waals surface area contributed by atoms with E-state index in [9.17, 15) is 0 Å². The maximum atomic E-state index is 5.70. The molecule has 0 amide bonds. The van der Waals surface area contributed by atoms with Gasteiger partial charge in [0, 0.05) is 23.2 Å². The SMILES string of the molecule is Cc1csc(COc2ccccc2CN)n1. The monoisotopic (exact) mass is 234 g/mol. The van der Waals surface area contributed by atoms with E-state index in [4.69, 9.17) is 10.5 Å². The van der Waals surface area contributed by atoms with Crippen molar-refractivity contribution in [1.82, 2.24) is 4.98 Å². The van der Waals surface area contributed by atoms with Gasteiger partial charge in [0.1, 0.15) is 17.4 Å². The predicted octanol–water partition coefficient (Wildman–Crippen LogP) is 2.49. The van der Waals surface area contributed by atoms with Gasteiger partial charge in [-0.1, -0.05) is 18.2 Å². The standard InChI is InChI=1S/C12H14N2OS/c1-9-8-16-12(14-9)7-15-11-5-3-2-4-10(11)6-13/h2-5,8H,6-7,13H2,1H3. The first-order valence-corrected chi connectivity index (χ1v) is 5.99. The number of aryl methyl sites for hydroxylation is 1. The van der Waals surface area contributed by atoms with E-state index in [0.717, 1.165) is 22.0 Å². The summed E-state index contributed by atoms with van der Waals surface area (Å²) >= 11 is 1.61. The maximum absolute atomic E-state index is 5.70. The first kappa shape index (κ1) is 11.1. The third-order valence-electron chi connectivity index (χ3n) is 2.21. The largest absolute Gasteiger partial charge is 0.486 e. The Labute approximate surface area is 98.9 Å². The fourth-order valence-electron chi connectivity index (χ4n) is 1.42. The van der Waals surface area contributed by atoms with Crippen molar-refractivity contribution in [1.29, 1.82) is 0 Å². The quantitative estimate of drug-likeness (QED) is 0.884. The average Bonchev–Trinajstić information content (AvgIpc) is 2.73. The van der Waals surface area contributed by atoms with Crippen LogP contribution in [-0.2, 0) is 13.2 Å². The lowest BCUT2D eigenvalue weighted by Crippen LogP contribution is -2.02. The molecule has 2 rings (SSSR count). The molecule has 2 N–H and O–H groups in total. The van der Waals surface area contributed by atoms with Gasteiger partial charge in [-0.2, -0.15) is 0 Å². The molecule has 0 aliphatic carbocycles. The van der Waals surface area contributed by atoms with Crippen molar-refractivity contribution < 1.29 is 4.74 Å². The van der Waals surface area contributed by atoms with Crippen LogP contribution in [0.15, 0.2) is 29.6 Å². The lowest BCUT2D eigenvalue weighted by Gasteiger charge is -2.08. The number of thiazole rings is 1. The number of benzene rings is 1. The highest BCUT2D eigenvalue weighted by Gasteiger charge is 2.03. The first-order valence-electron chi connectivity index (χ1n) is 5.11. The molecular formula is C12H14N2OS. The van der Waals surface area contributed by atoms with Crippen LogP contribution in [0.5, 0.6) is 5.75 Å². The zero-order valence-electron chi connectivity index (χ0n) is 9.14. The van der Waals surface area contributed by atoms with E-state index in [0.29, 0.717) is 13.2 Å². The molecule has 84 valence electrons. The lowest BCUT2D eigenvalue weighted by molar-refractivity contribution is 0.302. The van der Waals surface area contributed by atoms with Crippen molar-refractivity contribution in [3.05, 3.63) is 45.9 Å². The summed E-state index contributed by atoms with van der Waals surface area (Å²) in [7, 11) is 0. The minimum atomic E-state index is 0.493. The fraction of sp³-hybridized carbons (Fsp3) is 0.250. The molecule has 0 saturated carbocycles. The van der Waals surface area contributed by atoms with Gasteiger partial charge in [0.25, 0.3) is 0 Å². The summed E-state index contributed by atoms with van der Waals surface area (Å²) in [6.45, 7) is 2.98. The number of para-hydroxylation sites is 1. The molecule has 4 heteroatoms. The van der Waals surface area contributed by atoms with Gasteiger partial charge in [0.05, 0.1) is 0 Å². The zero-order chi connectivity index (χ0) is 11.4. The van der Waals surface area contributed by atoms with Gasteiger partial charge in [0.15, 0.2) is 0 Å². The normalized spacial score (nSPS) is 10.4. The molecule has 0 unspecified atom stereocenters. The van der Waals surface area contributed by atoms with Gasteiger partial charge in [-0.05, 0) is 13.0 Å². The molecule has 0 aliphatic heterocycles. The van der Waals surface area contributed by atoms with E-state index in [1.54, 1.807) is 11.3 Å². The Balaban J connectivity index is 2.04. The Morgan fingerprint density at radius 3 is 2.88 bits per heavy atom. The second-order valence-electron chi connectivity index (χ2n) is 3.48. The van der Waals surface area contributed by atoms with Crippen LogP contribution in [0.1, 0.15) is 16.3 Å². The number of hydrogen-bond acceptors (Lipinski definition) is 4. The van der Waals surface area contributed by atoms with E-state index >= 15 is 0 Å². The van der Waals surface area contributed by atoms with Crippen molar-refractivity contribution in [2.75, 3.05) is 0 Å². The minimum Gasteiger partial charge on any atom is -0.486 e. The summed E-state index contributed by atoms with van der Waals surface area (Å²) in [6, 6.07) is 7.81. The van der Waals surface area contributed by atoms with Crippen LogP contribution in [0.25, 0.3) is 0 Å². The Bertz CT molecular complexity index is 468. The molecule has 3 nitrogen and oxygen atoms in total. The van der Waals surface area contributed by atoms with Crippen LogP contribution < -0.4 is 10.5 Å². The molecule has 0 aliphatic rings. The van der Waals surface area contributed by atoms with Crippen LogP contribution in [-0.4, -0.2) is 4.98 Å². The van der Waals surface area contributed by atoms with Crippen LogP contribution in [0.2, 0.25) is 0 Å². The Morgan fingerprint density at radius 1 is 1.38 bits per heavy atom. The maximum Gasteiger partial charge on any atom is 0.140 e. The van der Waals surface area contributed by atoms with Gasteiger partial charge < -0.3 is 10.5 Å². The molecule has 0 bridgehead atoms. The Kier molecular flexibility index (Phi) is 3.54. The Hall–Kier alpha value is -1.39. The highest BCUT2D eigenvalue weighted by atomic mass is 32.1. The predicted molar refractivity (Wildman–Crippen MR) is 65.5 cm³/mol. The van der Waals surface area contributed by atoms with Crippen LogP contribution in [0, 0.1) is 6.92 Å². The molecule has 0 radical (unpaired) electrons. The smallest absolute Gasteiger partial charge is 0.140 e. The van der Waals surface area contributed by atoms with Crippen molar-refractivity contribution in [3.8, 4) is 5.75 Å². The summed E-state index contributed by atoms with van der Waals surface area (Å²) in [5.41, 5.74) is 7.69. The number of hydrogen-bond donors (Lipinski definition) is 1. The third-order valence-corrected chi connectivity index (χ3v) is 3.15. The minimum absolute atomic E-state index is 0.493. The molecule has 1 aromatic heterocycles. The van der Waals surface area contributed by atoms with Crippen molar-refractivity contribution in [2.24, 2.45) is 5.73 Å². The van der Waals surface area contributed by atoms with Crippen molar-refractivity contribution in [2.45, 2.75) is 20.1 Å². The second kappa shape index (κ2) is 5.09. The van der Waals surface area contributed by atoms with Gasteiger partial charge in [0.2, 0.25) is 0 Å².